The smallest absolute Gasteiger partial charge is 0.229 e. The Morgan fingerprint density at radius 3 is 2.71 bits per heavy atom. The fraction of sp³-hybridized carbons (Fsp3) is 0.538. The molecule has 1 aromatic rings. The van der Waals surface area contributed by atoms with E-state index in [0.717, 1.165) is 17.7 Å². The van der Waals surface area contributed by atoms with Gasteiger partial charge in [0.1, 0.15) is 0 Å². The minimum atomic E-state index is -0.415. The summed E-state index contributed by atoms with van der Waals surface area (Å²) in [4.78, 5) is 15.9. The van der Waals surface area contributed by atoms with Gasteiger partial charge in [0, 0.05) is 17.7 Å². The largest absolute Gasteiger partial charge is 0.328 e. The van der Waals surface area contributed by atoms with Crippen molar-refractivity contribution in [3.63, 3.8) is 0 Å². The van der Waals surface area contributed by atoms with Crippen molar-refractivity contribution in [2.45, 2.75) is 40.2 Å². The lowest BCUT2D eigenvalue weighted by atomic mass is 9.95. The fourth-order valence-corrected chi connectivity index (χ4v) is 1.37. The number of rotatable bonds is 3. The molecule has 1 atom stereocenters. The Bertz CT molecular complexity index is 394. The first-order valence-electron chi connectivity index (χ1n) is 5.80. The zero-order chi connectivity index (χ0) is 13.1. The number of nitrogens with one attached hydrogen (secondary N) is 1. The van der Waals surface area contributed by atoms with Crippen LogP contribution >= 0.6 is 0 Å². The second-order valence-electron chi connectivity index (χ2n) is 5.42. The van der Waals surface area contributed by atoms with E-state index < -0.39 is 5.41 Å². The number of pyridine rings is 1. The maximum absolute atomic E-state index is 11.9. The monoisotopic (exact) mass is 235 g/mol. The molecule has 0 fully saturated rings. The molecule has 0 aliphatic rings. The normalized spacial score (nSPS) is 13.2. The molecule has 1 amide bonds. The molecule has 0 bridgehead atoms. The standard InChI is InChI=1S/C13H21N3O/c1-9(14)7-10-5-6-15-8-11(10)16-12(17)13(2,3)4/h5-6,8-9H,7,14H2,1-4H3,(H,16,17). The number of amides is 1. The highest BCUT2D eigenvalue weighted by Gasteiger charge is 2.22. The lowest BCUT2D eigenvalue weighted by Crippen LogP contribution is -2.28. The summed E-state index contributed by atoms with van der Waals surface area (Å²) in [5, 5.41) is 2.90. The molecule has 0 spiro atoms. The summed E-state index contributed by atoms with van der Waals surface area (Å²) >= 11 is 0. The minimum Gasteiger partial charge on any atom is -0.328 e. The van der Waals surface area contributed by atoms with Crippen molar-refractivity contribution < 1.29 is 4.79 Å². The van der Waals surface area contributed by atoms with Crippen molar-refractivity contribution in [2.75, 3.05) is 5.32 Å². The van der Waals surface area contributed by atoms with Crippen LogP contribution in [0.5, 0.6) is 0 Å². The Hall–Kier alpha value is -1.42. The molecule has 4 nitrogen and oxygen atoms in total. The first kappa shape index (κ1) is 13.6. The average molecular weight is 235 g/mol. The average Bonchev–Trinajstić information content (AvgIpc) is 2.18. The molecule has 94 valence electrons. The van der Waals surface area contributed by atoms with Crippen LogP contribution in [0.1, 0.15) is 33.3 Å². The van der Waals surface area contributed by atoms with E-state index in [1.54, 1.807) is 12.4 Å². The summed E-state index contributed by atoms with van der Waals surface area (Å²) in [6, 6.07) is 1.95. The van der Waals surface area contributed by atoms with Crippen molar-refractivity contribution in [1.82, 2.24) is 4.98 Å². The highest BCUT2D eigenvalue weighted by Crippen LogP contribution is 2.20. The highest BCUT2D eigenvalue weighted by molar-refractivity contribution is 5.95. The Labute approximate surface area is 103 Å². The highest BCUT2D eigenvalue weighted by atomic mass is 16.2. The first-order chi connectivity index (χ1) is 7.80. The quantitative estimate of drug-likeness (QED) is 0.841. The molecule has 1 aromatic heterocycles. The van der Waals surface area contributed by atoms with Gasteiger partial charge in [-0.15, -0.1) is 0 Å². The minimum absolute atomic E-state index is 0.0172. The van der Waals surface area contributed by atoms with Gasteiger partial charge >= 0.3 is 0 Å². The number of nitrogens with zero attached hydrogens (tertiary/aromatic N) is 1. The molecule has 0 aromatic carbocycles. The molecule has 4 heteroatoms. The third-order valence-electron chi connectivity index (χ3n) is 2.38. The van der Waals surface area contributed by atoms with Crippen LogP contribution in [0.3, 0.4) is 0 Å². The maximum atomic E-state index is 11.9. The van der Waals surface area contributed by atoms with Crippen LogP contribution in [0.15, 0.2) is 18.5 Å². The topological polar surface area (TPSA) is 68.0 Å². The van der Waals surface area contributed by atoms with Gasteiger partial charge in [-0.3, -0.25) is 9.78 Å². The number of hydrogen-bond acceptors (Lipinski definition) is 3. The van der Waals surface area contributed by atoms with Crippen molar-refractivity contribution in [1.29, 1.82) is 0 Å². The van der Waals surface area contributed by atoms with Gasteiger partial charge in [0.25, 0.3) is 0 Å². The van der Waals surface area contributed by atoms with Gasteiger partial charge < -0.3 is 11.1 Å². The summed E-state index contributed by atoms with van der Waals surface area (Å²) in [7, 11) is 0. The number of aromatic nitrogens is 1. The Morgan fingerprint density at radius 1 is 1.53 bits per heavy atom. The van der Waals surface area contributed by atoms with Crippen LogP contribution in [-0.2, 0) is 11.2 Å². The number of carbonyl (C=O) groups is 1. The molecule has 0 radical (unpaired) electrons. The summed E-state index contributed by atoms with van der Waals surface area (Å²) in [5.41, 5.74) is 7.14. The van der Waals surface area contributed by atoms with E-state index in [1.165, 1.54) is 0 Å². The van der Waals surface area contributed by atoms with Crippen LogP contribution < -0.4 is 11.1 Å². The molecule has 0 saturated heterocycles. The molecular weight excluding hydrogens is 214 g/mol. The Morgan fingerprint density at radius 2 is 2.18 bits per heavy atom. The van der Waals surface area contributed by atoms with Gasteiger partial charge in [0.2, 0.25) is 5.91 Å². The van der Waals surface area contributed by atoms with E-state index >= 15 is 0 Å². The Balaban J connectivity index is 2.87. The molecule has 3 N–H and O–H groups in total. The summed E-state index contributed by atoms with van der Waals surface area (Å²) in [5.74, 6) is -0.0172. The summed E-state index contributed by atoms with van der Waals surface area (Å²) in [6.07, 6.45) is 4.11. The van der Waals surface area contributed by atoms with E-state index in [2.05, 4.69) is 10.3 Å². The van der Waals surface area contributed by atoms with Crippen LogP contribution in [0.25, 0.3) is 0 Å². The predicted molar refractivity (Wildman–Crippen MR) is 69.7 cm³/mol. The van der Waals surface area contributed by atoms with Gasteiger partial charge in [-0.25, -0.2) is 0 Å². The lowest BCUT2D eigenvalue weighted by Gasteiger charge is -2.19. The third kappa shape index (κ3) is 4.15. The Kier molecular flexibility index (Phi) is 4.23. The molecule has 1 heterocycles. The molecule has 17 heavy (non-hydrogen) atoms. The van der Waals surface area contributed by atoms with Crippen molar-refractivity contribution in [3.05, 3.63) is 24.0 Å². The van der Waals surface area contributed by atoms with E-state index in [1.807, 2.05) is 33.8 Å². The molecule has 0 aliphatic heterocycles. The van der Waals surface area contributed by atoms with Crippen molar-refractivity contribution in [2.24, 2.45) is 11.1 Å². The molecule has 0 aliphatic carbocycles. The van der Waals surface area contributed by atoms with Gasteiger partial charge in [-0.05, 0) is 25.0 Å². The molecule has 1 unspecified atom stereocenters. The van der Waals surface area contributed by atoms with E-state index in [-0.39, 0.29) is 11.9 Å². The van der Waals surface area contributed by atoms with Crippen LogP contribution in [0, 0.1) is 5.41 Å². The van der Waals surface area contributed by atoms with E-state index in [0.29, 0.717) is 0 Å². The van der Waals surface area contributed by atoms with Crippen LogP contribution in [0.4, 0.5) is 5.69 Å². The number of hydrogen-bond donors (Lipinski definition) is 2. The SMILES string of the molecule is CC(N)Cc1ccncc1NC(=O)C(C)(C)C. The molecule has 1 rings (SSSR count). The van der Waals surface area contributed by atoms with Crippen molar-refractivity contribution >= 4 is 11.6 Å². The van der Waals surface area contributed by atoms with Crippen LogP contribution in [0.2, 0.25) is 0 Å². The first-order valence-corrected chi connectivity index (χ1v) is 5.80. The maximum Gasteiger partial charge on any atom is 0.229 e. The molecule has 0 saturated carbocycles. The second kappa shape index (κ2) is 5.27. The van der Waals surface area contributed by atoms with E-state index in [9.17, 15) is 4.79 Å². The number of anilines is 1. The molecular formula is C13H21N3O. The fourth-order valence-electron chi connectivity index (χ4n) is 1.37. The lowest BCUT2D eigenvalue weighted by molar-refractivity contribution is -0.123. The van der Waals surface area contributed by atoms with Crippen molar-refractivity contribution in [3.8, 4) is 0 Å². The number of nitrogens with two attached hydrogens (primary N) is 1. The predicted octanol–water partition coefficient (Wildman–Crippen LogP) is 1.96. The summed E-state index contributed by atoms with van der Waals surface area (Å²) < 4.78 is 0. The van der Waals surface area contributed by atoms with Gasteiger partial charge in [-0.1, -0.05) is 20.8 Å². The van der Waals surface area contributed by atoms with Crippen LogP contribution in [-0.4, -0.2) is 16.9 Å². The van der Waals surface area contributed by atoms with Gasteiger partial charge in [0.15, 0.2) is 0 Å². The van der Waals surface area contributed by atoms with E-state index in [4.69, 9.17) is 5.73 Å². The third-order valence-corrected chi connectivity index (χ3v) is 2.38. The number of carbonyl (C=O) groups excluding carboxylic acids is 1. The van der Waals surface area contributed by atoms with Gasteiger partial charge in [0.05, 0.1) is 11.9 Å². The summed E-state index contributed by atoms with van der Waals surface area (Å²) in [6.45, 7) is 7.58. The zero-order valence-corrected chi connectivity index (χ0v) is 10.9. The second-order valence-corrected chi connectivity index (χ2v) is 5.42. The van der Waals surface area contributed by atoms with Gasteiger partial charge in [-0.2, -0.15) is 0 Å². The zero-order valence-electron chi connectivity index (χ0n) is 10.9.